The molecule has 25 heavy (non-hydrogen) atoms. The highest BCUT2D eigenvalue weighted by Gasteiger charge is 2.20. The van der Waals surface area contributed by atoms with Gasteiger partial charge in [0.15, 0.2) is 5.16 Å². The van der Waals surface area contributed by atoms with Crippen LogP contribution >= 0.6 is 11.8 Å². The van der Waals surface area contributed by atoms with Crippen LogP contribution in [0.25, 0.3) is 0 Å². The number of H-pyrrole nitrogens is 1. The van der Waals surface area contributed by atoms with E-state index in [4.69, 9.17) is 0 Å². The van der Waals surface area contributed by atoms with Crippen molar-refractivity contribution in [2.45, 2.75) is 56.9 Å². The lowest BCUT2D eigenvalue weighted by atomic mass is 9.97. The first-order valence-electron chi connectivity index (χ1n) is 8.61. The second kappa shape index (κ2) is 7.44. The third kappa shape index (κ3) is 4.12. The van der Waals surface area contributed by atoms with Crippen LogP contribution in [0.15, 0.2) is 28.2 Å². The summed E-state index contributed by atoms with van der Waals surface area (Å²) in [7, 11) is 0. The van der Waals surface area contributed by atoms with E-state index < -0.39 is 0 Å². The zero-order valence-corrected chi connectivity index (χ0v) is 15.6. The highest BCUT2D eigenvalue weighted by Crippen LogP contribution is 2.24. The Bertz CT molecular complexity index is 860. The number of amides is 1. The second-order valence-corrected chi connectivity index (χ2v) is 7.90. The number of thioether (sulfide) groups is 1. The SMILES string of the molecule is Cc1ccc(C)c(NC(=O)[C@@H](C)Sc2nc3c(c(=O)[nH]2)CCCC3)c1. The maximum atomic E-state index is 12.5. The first-order chi connectivity index (χ1) is 11.9. The Morgan fingerprint density at radius 1 is 1.28 bits per heavy atom. The predicted molar refractivity (Wildman–Crippen MR) is 101 cm³/mol. The number of aromatic amines is 1. The summed E-state index contributed by atoms with van der Waals surface area (Å²) in [6.07, 6.45) is 3.75. The third-order valence-corrected chi connectivity index (χ3v) is 5.46. The molecule has 1 heterocycles. The molecule has 0 unspecified atom stereocenters. The molecule has 0 spiro atoms. The summed E-state index contributed by atoms with van der Waals surface area (Å²) in [6.45, 7) is 5.79. The number of hydrogen-bond donors (Lipinski definition) is 2. The standard InChI is InChI=1S/C19H23N3O2S/c1-11-8-9-12(2)16(10-11)20-17(23)13(3)25-19-21-15-7-5-4-6-14(15)18(24)22-19/h8-10,13H,4-7H2,1-3H3,(H,20,23)(H,21,22,24)/t13-/m1/s1. The smallest absolute Gasteiger partial charge is 0.254 e. The molecular formula is C19H23N3O2S. The number of fused-ring (bicyclic) bond motifs is 1. The van der Waals surface area contributed by atoms with Crippen molar-refractivity contribution in [2.75, 3.05) is 5.32 Å². The van der Waals surface area contributed by atoms with E-state index in [-0.39, 0.29) is 16.7 Å². The molecule has 1 aliphatic rings. The van der Waals surface area contributed by atoms with Gasteiger partial charge in [-0.15, -0.1) is 0 Å². The molecule has 0 aliphatic heterocycles. The fourth-order valence-corrected chi connectivity index (χ4v) is 3.78. The summed E-state index contributed by atoms with van der Waals surface area (Å²) >= 11 is 1.29. The first kappa shape index (κ1) is 17.7. The van der Waals surface area contributed by atoms with Crippen LogP contribution in [-0.4, -0.2) is 21.1 Å². The van der Waals surface area contributed by atoms with Crippen LogP contribution in [0, 0.1) is 13.8 Å². The van der Waals surface area contributed by atoms with Gasteiger partial charge in [-0.2, -0.15) is 0 Å². The van der Waals surface area contributed by atoms with Crippen LogP contribution in [0.5, 0.6) is 0 Å². The van der Waals surface area contributed by atoms with E-state index in [1.807, 2.05) is 39.0 Å². The quantitative estimate of drug-likeness (QED) is 0.650. The molecule has 1 atom stereocenters. The lowest BCUT2D eigenvalue weighted by molar-refractivity contribution is -0.115. The molecule has 1 aromatic heterocycles. The van der Waals surface area contributed by atoms with E-state index in [1.54, 1.807) is 0 Å². The Kier molecular flexibility index (Phi) is 5.27. The molecule has 2 N–H and O–H groups in total. The lowest BCUT2D eigenvalue weighted by Crippen LogP contribution is -2.25. The Hall–Kier alpha value is -2.08. The van der Waals surface area contributed by atoms with Crippen molar-refractivity contribution < 1.29 is 4.79 Å². The molecule has 2 aromatic rings. The Balaban J connectivity index is 1.72. The molecule has 0 radical (unpaired) electrons. The minimum Gasteiger partial charge on any atom is -0.325 e. The van der Waals surface area contributed by atoms with Crippen molar-refractivity contribution in [3.05, 3.63) is 50.9 Å². The van der Waals surface area contributed by atoms with E-state index in [9.17, 15) is 9.59 Å². The van der Waals surface area contributed by atoms with Gasteiger partial charge in [0.1, 0.15) is 0 Å². The van der Waals surface area contributed by atoms with E-state index in [0.717, 1.165) is 53.8 Å². The number of aryl methyl sites for hydroxylation is 3. The van der Waals surface area contributed by atoms with Crippen LogP contribution in [-0.2, 0) is 17.6 Å². The number of anilines is 1. The first-order valence-corrected chi connectivity index (χ1v) is 9.49. The van der Waals surface area contributed by atoms with Crippen LogP contribution < -0.4 is 10.9 Å². The lowest BCUT2D eigenvalue weighted by Gasteiger charge is -2.16. The average molecular weight is 357 g/mol. The summed E-state index contributed by atoms with van der Waals surface area (Å²) in [4.78, 5) is 32.1. The number of nitrogens with zero attached hydrogens (tertiary/aromatic N) is 1. The van der Waals surface area contributed by atoms with Crippen molar-refractivity contribution in [2.24, 2.45) is 0 Å². The number of carbonyl (C=O) groups excluding carboxylic acids is 1. The van der Waals surface area contributed by atoms with Crippen molar-refractivity contribution in [3.63, 3.8) is 0 Å². The van der Waals surface area contributed by atoms with Crippen molar-refractivity contribution in [1.29, 1.82) is 0 Å². The van der Waals surface area contributed by atoms with Crippen molar-refractivity contribution >= 4 is 23.4 Å². The molecule has 6 heteroatoms. The van der Waals surface area contributed by atoms with Gasteiger partial charge in [-0.25, -0.2) is 4.98 Å². The zero-order valence-electron chi connectivity index (χ0n) is 14.8. The molecule has 0 bridgehead atoms. The monoisotopic (exact) mass is 357 g/mol. The molecule has 1 aliphatic carbocycles. The summed E-state index contributed by atoms with van der Waals surface area (Å²) in [5.41, 5.74) is 4.58. The maximum Gasteiger partial charge on any atom is 0.254 e. The summed E-state index contributed by atoms with van der Waals surface area (Å²) in [5.74, 6) is -0.0981. The average Bonchev–Trinajstić information content (AvgIpc) is 2.58. The zero-order chi connectivity index (χ0) is 18.0. The molecule has 1 amide bonds. The summed E-state index contributed by atoms with van der Waals surface area (Å²) in [6, 6.07) is 5.97. The van der Waals surface area contributed by atoms with Crippen LogP contribution in [0.2, 0.25) is 0 Å². The Labute approximate surface area is 151 Å². The Morgan fingerprint density at radius 3 is 2.84 bits per heavy atom. The van der Waals surface area contributed by atoms with Crippen LogP contribution in [0.3, 0.4) is 0 Å². The fraction of sp³-hybridized carbons (Fsp3) is 0.421. The van der Waals surface area contributed by atoms with Crippen LogP contribution in [0.4, 0.5) is 5.69 Å². The normalized spacial score (nSPS) is 14.7. The fourth-order valence-electron chi connectivity index (χ4n) is 2.96. The molecular weight excluding hydrogens is 334 g/mol. The predicted octanol–water partition coefficient (Wildman–Crippen LogP) is 3.38. The van der Waals surface area contributed by atoms with Crippen molar-refractivity contribution in [1.82, 2.24) is 9.97 Å². The van der Waals surface area contributed by atoms with Gasteiger partial charge >= 0.3 is 0 Å². The number of benzene rings is 1. The van der Waals surface area contributed by atoms with Crippen LogP contribution in [0.1, 0.15) is 42.1 Å². The second-order valence-electron chi connectivity index (χ2n) is 6.57. The highest BCUT2D eigenvalue weighted by molar-refractivity contribution is 8.00. The number of carbonyl (C=O) groups is 1. The summed E-state index contributed by atoms with van der Waals surface area (Å²) in [5, 5.41) is 3.13. The molecule has 5 nitrogen and oxygen atoms in total. The molecule has 0 saturated carbocycles. The topological polar surface area (TPSA) is 74.8 Å². The number of rotatable bonds is 4. The third-order valence-electron chi connectivity index (χ3n) is 4.48. The number of hydrogen-bond acceptors (Lipinski definition) is 4. The van der Waals surface area contributed by atoms with Gasteiger partial charge in [-0.3, -0.25) is 9.59 Å². The summed E-state index contributed by atoms with van der Waals surface area (Å²) < 4.78 is 0. The van der Waals surface area contributed by atoms with E-state index in [0.29, 0.717) is 5.16 Å². The molecule has 1 aromatic carbocycles. The Morgan fingerprint density at radius 2 is 2.04 bits per heavy atom. The van der Waals surface area contributed by atoms with Gasteiger partial charge in [0.05, 0.1) is 10.9 Å². The highest BCUT2D eigenvalue weighted by atomic mass is 32.2. The van der Waals surface area contributed by atoms with Gasteiger partial charge in [0, 0.05) is 11.3 Å². The van der Waals surface area contributed by atoms with Gasteiger partial charge in [-0.1, -0.05) is 23.9 Å². The van der Waals surface area contributed by atoms with Crippen molar-refractivity contribution in [3.8, 4) is 0 Å². The van der Waals surface area contributed by atoms with Gasteiger partial charge in [0.2, 0.25) is 5.91 Å². The van der Waals surface area contributed by atoms with Gasteiger partial charge in [0.25, 0.3) is 5.56 Å². The molecule has 0 fully saturated rings. The molecule has 132 valence electrons. The molecule has 3 rings (SSSR count). The molecule has 0 saturated heterocycles. The van der Waals surface area contributed by atoms with Gasteiger partial charge in [-0.05, 0) is 63.6 Å². The van der Waals surface area contributed by atoms with E-state index >= 15 is 0 Å². The minimum atomic E-state index is -0.357. The van der Waals surface area contributed by atoms with E-state index in [2.05, 4.69) is 15.3 Å². The largest absolute Gasteiger partial charge is 0.325 e. The minimum absolute atomic E-state index is 0.0608. The number of nitrogens with one attached hydrogen (secondary N) is 2. The van der Waals surface area contributed by atoms with Gasteiger partial charge < -0.3 is 10.3 Å². The maximum absolute atomic E-state index is 12.5. The number of aromatic nitrogens is 2. The van der Waals surface area contributed by atoms with E-state index in [1.165, 1.54) is 11.8 Å².